The Morgan fingerprint density at radius 1 is 1.20 bits per heavy atom. The number of halogens is 1. The number of carboxylic acid groups (broad SMARTS) is 1. The molecule has 2 rings (SSSR count). The van der Waals surface area contributed by atoms with Crippen molar-refractivity contribution in [1.82, 2.24) is 9.78 Å². The number of benzene rings is 1. The van der Waals surface area contributed by atoms with Crippen molar-refractivity contribution < 1.29 is 23.8 Å². The fourth-order valence-corrected chi connectivity index (χ4v) is 1.92. The molecule has 2 N–H and O–H groups in total. The molecule has 1 aromatic heterocycles. The number of ether oxygens (including phenoxy) is 1. The Balaban J connectivity index is 2.09. The molecule has 1 amide bonds. The maximum Gasteiger partial charge on any atom is 0.331 e. The molecule has 0 fully saturated rings. The average molecular weight is 349 g/mol. The van der Waals surface area contributed by atoms with Crippen molar-refractivity contribution in [2.45, 2.75) is 38.8 Å². The van der Waals surface area contributed by atoms with Gasteiger partial charge in [-0.3, -0.25) is 9.48 Å². The molecule has 0 bridgehead atoms. The lowest BCUT2D eigenvalue weighted by molar-refractivity contribution is -0.146. The van der Waals surface area contributed by atoms with Crippen molar-refractivity contribution in [3.63, 3.8) is 0 Å². The van der Waals surface area contributed by atoms with Crippen LogP contribution in [0.1, 0.15) is 27.7 Å². The smallest absolute Gasteiger partial charge is 0.331 e. The minimum atomic E-state index is -1.25. The van der Waals surface area contributed by atoms with E-state index in [2.05, 4.69) is 10.4 Å². The zero-order valence-corrected chi connectivity index (χ0v) is 14.4. The van der Waals surface area contributed by atoms with E-state index in [0.29, 0.717) is 11.4 Å². The quantitative estimate of drug-likeness (QED) is 0.836. The minimum Gasteiger partial charge on any atom is -0.479 e. The predicted molar refractivity (Wildman–Crippen MR) is 88.9 cm³/mol. The normalized spacial score (nSPS) is 11.9. The summed E-state index contributed by atoms with van der Waals surface area (Å²) in [6, 6.07) is 5.33. The molecule has 8 heteroatoms. The number of amides is 1. The number of anilines is 1. The summed E-state index contributed by atoms with van der Waals surface area (Å²) in [6.07, 6.45) is 2.79. The summed E-state index contributed by atoms with van der Waals surface area (Å²) in [4.78, 5) is 23.7. The molecule has 0 spiro atoms. The molecule has 25 heavy (non-hydrogen) atoms. The van der Waals surface area contributed by atoms with Gasteiger partial charge in [0.1, 0.15) is 11.6 Å². The standard InChI is InChI=1S/C17H20FN3O4/c1-16(2,15(23)24)21-10-12(9-19-21)20-14(22)17(3,4)25-13-7-5-11(18)6-8-13/h5-10H,1-4H3,(H,20,22)(H,23,24). The summed E-state index contributed by atoms with van der Waals surface area (Å²) < 4.78 is 19.8. The highest BCUT2D eigenvalue weighted by Gasteiger charge is 2.32. The number of aliphatic carboxylic acids is 1. The van der Waals surface area contributed by atoms with E-state index in [9.17, 15) is 19.1 Å². The number of carbonyl (C=O) groups is 2. The van der Waals surface area contributed by atoms with E-state index in [1.54, 1.807) is 13.8 Å². The van der Waals surface area contributed by atoms with Gasteiger partial charge in [0.2, 0.25) is 0 Å². The van der Waals surface area contributed by atoms with Crippen LogP contribution in [0, 0.1) is 5.82 Å². The molecule has 0 aliphatic carbocycles. The van der Waals surface area contributed by atoms with Crippen LogP contribution in [0.2, 0.25) is 0 Å². The fraction of sp³-hybridized carbons (Fsp3) is 0.353. The van der Waals surface area contributed by atoms with Crippen molar-refractivity contribution in [3.05, 3.63) is 42.5 Å². The Labute approximate surface area is 144 Å². The van der Waals surface area contributed by atoms with E-state index in [0.717, 1.165) is 0 Å². The van der Waals surface area contributed by atoms with Gasteiger partial charge in [-0.2, -0.15) is 5.10 Å². The second-order valence-corrected chi connectivity index (χ2v) is 6.56. The molecule has 0 aliphatic heterocycles. The molecule has 0 radical (unpaired) electrons. The number of hydrogen-bond acceptors (Lipinski definition) is 4. The topological polar surface area (TPSA) is 93.5 Å². The Kier molecular flexibility index (Phi) is 4.82. The van der Waals surface area contributed by atoms with E-state index >= 15 is 0 Å². The number of carboxylic acids is 1. The molecular formula is C17H20FN3O4. The molecule has 0 saturated carbocycles. The molecule has 134 valence electrons. The van der Waals surface area contributed by atoms with E-state index in [-0.39, 0.29) is 0 Å². The van der Waals surface area contributed by atoms with E-state index in [4.69, 9.17) is 4.74 Å². The van der Waals surface area contributed by atoms with Gasteiger partial charge in [-0.1, -0.05) is 0 Å². The first-order valence-electron chi connectivity index (χ1n) is 7.57. The highest BCUT2D eigenvalue weighted by Crippen LogP contribution is 2.22. The zero-order chi connectivity index (χ0) is 18.8. The van der Waals surface area contributed by atoms with Crippen LogP contribution < -0.4 is 10.1 Å². The highest BCUT2D eigenvalue weighted by molar-refractivity contribution is 5.96. The van der Waals surface area contributed by atoms with Crippen LogP contribution in [-0.4, -0.2) is 32.4 Å². The van der Waals surface area contributed by atoms with Crippen molar-refractivity contribution in [2.75, 3.05) is 5.32 Å². The maximum atomic E-state index is 12.9. The first kappa shape index (κ1) is 18.4. The van der Waals surface area contributed by atoms with Gasteiger partial charge in [-0.25, -0.2) is 9.18 Å². The van der Waals surface area contributed by atoms with E-state index in [1.807, 2.05) is 0 Å². The summed E-state index contributed by atoms with van der Waals surface area (Å²) in [5.74, 6) is -1.55. The van der Waals surface area contributed by atoms with Gasteiger partial charge >= 0.3 is 5.97 Å². The summed E-state index contributed by atoms with van der Waals surface area (Å²) >= 11 is 0. The van der Waals surface area contributed by atoms with Gasteiger partial charge in [0.25, 0.3) is 5.91 Å². The lowest BCUT2D eigenvalue weighted by atomic mass is 10.1. The van der Waals surface area contributed by atoms with Gasteiger partial charge in [0, 0.05) is 6.20 Å². The average Bonchev–Trinajstić information content (AvgIpc) is 2.98. The van der Waals surface area contributed by atoms with Crippen molar-refractivity contribution in [3.8, 4) is 5.75 Å². The number of nitrogens with one attached hydrogen (secondary N) is 1. The molecule has 0 aliphatic rings. The number of rotatable bonds is 6. The third-order valence-electron chi connectivity index (χ3n) is 3.67. The van der Waals surface area contributed by atoms with Gasteiger partial charge < -0.3 is 15.2 Å². The second kappa shape index (κ2) is 6.54. The summed E-state index contributed by atoms with van der Waals surface area (Å²) in [5, 5.41) is 15.8. The molecule has 1 aromatic carbocycles. The van der Waals surface area contributed by atoms with Gasteiger partial charge in [0.05, 0.1) is 11.9 Å². The molecule has 0 atom stereocenters. The Bertz CT molecular complexity index is 781. The van der Waals surface area contributed by atoms with E-state index in [1.165, 1.54) is 55.2 Å². The van der Waals surface area contributed by atoms with Crippen LogP contribution in [0.5, 0.6) is 5.75 Å². The molecule has 7 nitrogen and oxygen atoms in total. The second-order valence-electron chi connectivity index (χ2n) is 6.56. The van der Waals surface area contributed by atoms with Crippen LogP contribution in [0.15, 0.2) is 36.7 Å². The largest absolute Gasteiger partial charge is 0.479 e. The predicted octanol–water partition coefficient (Wildman–Crippen LogP) is 2.64. The first-order chi connectivity index (χ1) is 11.5. The third-order valence-corrected chi connectivity index (χ3v) is 3.67. The van der Waals surface area contributed by atoms with Gasteiger partial charge in [-0.05, 0) is 52.0 Å². The van der Waals surface area contributed by atoms with Crippen molar-refractivity contribution in [2.24, 2.45) is 0 Å². The van der Waals surface area contributed by atoms with Crippen LogP contribution >= 0.6 is 0 Å². The first-order valence-corrected chi connectivity index (χ1v) is 7.57. The zero-order valence-electron chi connectivity index (χ0n) is 14.4. The SMILES string of the molecule is CC(C)(Oc1ccc(F)cc1)C(=O)Nc1cnn(C(C)(C)C(=O)O)c1. The molecule has 0 unspecified atom stereocenters. The Hall–Kier alpha value is -2.90. The Morgan fingerprint density at radius 3 is 2.36 bits per heavy atom. The van der Waals surface area contributed by atoms with Crippen LogP contribution in [0.3, 0.4) is 0 Å². The van der Waals surface area contributed by atoms with Crippen molar-refractivity contribution >= 4 is 17.6 Å². The van der Waals surface area contributed by atoms with Crippen molar-refractivity contribution in [1.29, 1.82) is 0 Å². The third kappa shape index (κ3) is 4.14. The number of aromatic nitrogens is 2. The monoisotopic (exact) mass is 349 g/mol. The van der Waals surface area contributed by atoms with Crippen LogP contribution in [-0.2, 0) is 15.1 Å². The van der Waals surface area contributed by atoms with E-state index < -0.39 is 28.8 Å². The fourth-order valence-electron chi connectivity index (χ4n) is 1.92. The van der Waals surface area contributed by atoms with Gasteiger partial charge in [-0.15, -0.1) is 0 Å². The van der Waals surface area contributed by atoms with Gasteiger partial charge in [0.15, 0.2) is 11.1 Å². The number of carbonyl (C=O) groups excluding carboxylic acids is 1. The summed E-state index contributed by atoms with van der Waals surface area (Å²) in [6.45, 7) is 6.12. The highest BCUT2D eigenvalue weighted by atomic mass is 19.1. The molecular weight excluding hydrogens is 329 g/mol. The Morgan fingerprint density at radius 2 is 1.80 bits per heavy atom. The summed E-state index contributed by atoms with van der Waals surface area (Å²) in [5.41, 5.74) is -2.14. The maximum absolute atomic E-state index is 12.9. The molecule has 2 aromatic rings. The molecule has 1 heterocycles. The lowest BCUT2D eigenvalue weighted by Gasteiger charge is -2.25. The number of hydrogen-bond donors (Lipinski definition) is 2. The van der Waals surface area contributed by atoms with Crippen LogP contribution in [0.4, 0.5) is 10.1 Å². The molecule has 0 saturated heterocycles. The number of nitrogens with zero attached hydrogens (tertiary/aromatic N) is 2. The van der Waals surface area contributed by atoms with Crippen LogP contribution in [0.25, 0.3) is 0 Å². The summed E-state index contributed by atoms with van der Waals surface area (Å²) in [7, 11) is 0. The lowest BCUT2D eigenvalue weighted by Crippen LogP contribution is -2.42. The minimum absolute atomic E-state index is 0.343.